The van der Waals surface area contributed by atoms with Crippen LogP contribution < -0.4 is 5.73 Å². The summed E-state index contributed by atoms with van der Waals surface area (Å²) in [5, 5.41) is 0. The summed E-state index contributed by atoms with van der Waals surface area (Å²) in [4.78, 5) is 14.1. The first kappa shape index (κ1) is 15.4. The molecule has 0 aromatic carbocycles. The normalized spacial score (nSPS) is 22.9. The number of carbonyl (C=O) groups excluding carboxylic acids is 1. The highest BCUT2D eigenvalue weighted by Gasteiger charge is 2.25. The van der Waals surface area contributed by atoms with Gasteiger partial charge in [-0.3, -0.25) is 4.79 Å². The lowest BCUT2D eigenvalue weighted by atomic mass is 9.84. The van der Waals surface area contributed by atoms with Crippen LogP contribution in [0.2, 0.25) is 0 Å². The van der Waals surface area contributed by atoms with Crippen molar-refractivity contribution in [3.05, 3.63) is 0 Å². The molecule has 18 heavy (non-hydrogen) atoms. The van der Waals surface area contributed by atoms with E-state index in [0.717, 1.165) is 6.42 Å². The molecular formula is C14H28N2O2. The molecule has 106 valence electrons. The maximum atomic E-state index is 12.2. The Hall–Kier alpha value is -0.610. The molecule has 0 bridgehead atoms. The van der Waals surface area contributed by atoms with Crippen LogP contribution in [-0.2, 0) is 9.53 Å². The minimum atomic E-state index is 0.0145. The lowest BCUT2D eigenvalue weighted by molar-refractivity contribution is -0.139. The summed E-state index contributed by atoms with van der Waals surface area (Å²) in [5.74, 6) is 0.671. The number of nitrogens with zero attached hydrogens (tertiary/aromatic N) is 1. The predicted molar refractivity (Wildman–Crippen MR) is 73.2 cm³/mol. The second-order valence-corrected chi connectivity index (χ2v) is 6.64. The second-order valence-electron chi connectivity index (χ2n) is 6.64. The highest BCUT2D eigenvalue weighted by molar-refractivity contribution is 5.76. The molecule has 0 saturated carbocycles. The third-order valence-electron chi connectivity index (χ3n) is 3.24. The van der Waals surface area contributed by atoms with Crippen molar-refractivity contribution in [3.63, 3.8) is 0 Å². The molecule has 0 aromatic rings. The van der Waals surface area contributed by atoms with E-state index >= 15 is 0 Å². The molecule has 1 saturated heterocycles. The largest absolute Gasteiger partial charge is 0.373 e. The van der Waals surface area contributed by atoms with Gasteiger partial charge in [0, 0.05) is 26.1 Å². The Kier molecular flexibility index (Phi) is 5.60. The molecular weight excluding hydrogens is 228 g/mol. The number of carbonyl (C=O) groups is 1. The van der Waals surface area contributed by atoms with Crippen LogP contribution in [0.15, 0.2) is 0 Å². The molecule has 0 spiro atoms. The average Bonchev–Trinajstić information content (AvgIpc) is 2.26. The van der Waals surface area contributed by atoms with Crippen molar-refractivity contribution in [3.8, 4) is 0 Å². The van der Waals surface area contributed by atoms with Gasteiger partial charge in [-0.1, -0.05) is 27.7 Å². The number of ether oxygens (including phenoxy) is 1. The van der Waals surface area contributed by atoms with E-state index in [1.54, 1.807) is 0 Å². The number of nitrogens with two attached hydrogens (primary N) is 1. The summed E-state index contributed by atoms with van der Waals surface area (Å²) in [6.07, 6.45) is 1.72. The fourth-order valence-electron chi connectivity index (χ4n) is 2.63. The van der Waals surface area contributed by atoms with Gasteiger partial charge in [-0.25, -0.2) is 0 Å². The van der Waals surface area contributed by atoms with Gasteiger partial charge in [-0.2, -0.15) is 0 Å². The Bertz CT molecular complexity index is 273. The minimum Gasteiger partial charge on any atom is -0.373 e. The van der Waals surface area contributed by atoms with Crippen LogP contribution in [0.5, 0.6) is 0 Å². The van der Waals surface area contributed by atoms with Gasteiger partial charge in [0.05, 0.1) is 12.7 Å². The van der Waals surface area contributed by atoms with Crippen molar-refractivity contribution < 1.29 is 9.53 Å². The lowest BCUT2D eigenvalue weighted by Gasteiger charge is -2.33. The van der Waals surface area contributed by atoms with Gasteiger partial charge in [0.1, 0.15) is 0 Å². The van der Waals surface area contributed by atoms with E-state index in [-0.39, 0.29) is 17.4 Å². The lowest BCUT2D eigenvalue weighted by Crippen LogP contribution is -2.48. The van der Waals surface area contributed by atoms with Crippen LogP contribution in [0.4, 0.5) is 0 Å². The molecule has 1 aliphatic rings. The van der Waals surface area contributed by atoms with Crippen molar-refractivity contribution in [1.29, 1.82) is 0 Å². The molecule has 2 N–H and O–H groups in total. The fourth-order valence-corrected chi connectivity index (χ4v) is 2.63. The third-order valence-corrected chi connectivity index (χ3v) is 3.24. The maximum absolute atomic E-state index is 12.2. The van der Waals surface area contributed by atoms with Gasteiger partial charge in [-0.05, 0) is 17.8 Å². The quantitative estimate of drug-likeness (QED) is 0.832. The van der Waals surface area contributed by atoms with E-state index in [0.29, 0.717) is 38.6 Å². The van der Waals surface area contributed by atoms with Crippen molar-refractivity contribution >= 4 is 5.91 Å². The Morgan fingerprint density at radius 3 is 2.72 bits per heavy atom. The number of hydrogen-bond donors (Lipinski definition) is 1. The van der Waals surface area contributed by atoms with E-state index in [4.69, 9.17) is 10.5 Å². The number of rotatable bonds is 4. The van der Waals surface area contributed by atoms with E-state index in [9.17, 15) is 4.79 Å². The van der Waals surface area contributed by atoms with Gasteiger partial charge in [0.2, 0.25) is 5.91 Å². The molecule has 1 heterocycles. The van der Waals surface area contributed by atoms with Crippen molar-refractivity contribution in [2.24, 2.45) is 17.1 Å². The highest BCUT2D eigenvalue weighted by Crippen LogP contribution is 2.26. The zero-order valence-electron chi connectivity index (χ0n) is 12.2. The standard InChI is InChI=1S/C14H28N2O2/c1-11(8-14(2,3)4)7-13(17)16-5-6-18-12(9-15)10-16/h11-12H,5-10,15H2,1-4H3. The summed E-state index contributed by atoms with van der Waals surface area (Å²) in [6.45, 7) is 11.3. The molecule has 1 amide bonds. The molecule has 1 aliphatic heterocycles. The Morgan fingerprint density at radius 1 is 1.50 bits per heavy atom. The summed E-state index contributed by atoms with van der Waals surface area (Å²) >= 11 is 0. The van der Waals surface area contributed by atoms with Crippen LogP contribution in [0.1, 0.15) is 40.5 Å². The van der Waals surface area contributed by atoms with Gasteiger partial charge < -0.3 is 15.4 Å². The van der Waals surface area contributed by atoms with Crippen LogP contribution in [0.3, 0.4) is 0 Å². The molecule has 2 unspecified atom stereocenters. The highest BCUT2D eigenvalue weighted by atomic mass is 16.5. The Balaban J connectivity index is 2.40. The molecule has 0 aliphatic carbocycles. The van der Waals surface area contributed by atoms with E-state index in [1.807, 2.05) is 4.90 Å². The van der Waals surface area contributed by atoms with Gasteiger partial charge in [0.25, 0.3) is 0 Å². The number of amides is 1. The first-order chi connectivity index (χ1) is 8.31. The summed E-state index contributed by atoms with van der Waals surface area (Å²) in [7, 11) is 0. The van der Waals surface area contributed by atoms with Crippen LogP contribution in [0.25, 0.3) is 0 Å². The SMILES string of the molecule is CC(CC(=O)N1CCOC(CN)C1)CC(C)(C)C. The van der Waals surface area contributed by atoms with E-state index < -0.39 is 0 Å². The monoisotopic (exact) mass is 256 g/mol. The molecule has 4 heteroatoms. The first-order valence-corrected chi connectivity index (χ1v) is 6.91. The van der Waals surface area contributed by atoms with Crippen molar-refractivity contribution in [2.75, 3.05) is 26.2 Å². The number of morpholine rings is 1. The van der Waals surface area contributed by atoms with Gasteiger partial charge in [-0.15, -0.1) is 0 Å². The van der Waals surface area contributed by atoms with Gasteiger partial charge in [0.15, 0.2) is 0 Å². The molecule has 0 radical (unpaired) electrons. The topological polar surface area (TPSA) is 55.6 Å². The molecule has 1 fully saturated rings. The predicted octanol–water partition coefficient (Wildman–Crippen LogP) is 1.63. The summed E-state index contributed by atoms with van der Waals surface area (Å²) in [6, 6.07) is 0. The molecule has 1 rings (SSSR count). The summed E-state index contributed by atoms with van der Waals surface area (Å²) < 4.78 is 5.47. The van der Waals surface area contributed by atoms with Crippen LogP contribution in [-0.4, -0.2) is 43.2 Å². The first-order valence-electron chi connectivity index (χ1n) is 6.91. The zero-order valence-corrected chi connectivity index (χ0v) is 12.2. The third kappa shape index (κ3) is 5.36. The molecule has 2 atom stereocenters. The van der Waals surface area contributed by atoms with Crippen molar-refractivity contribution in [2.45, 2.75) is 46.6 Å². The van der Waals surface area contributed by atoms with E-state index in [2.05, 4.69) is 27.7 Å². The second kappa shape index (κ2) is 6.53. The summed E-state index contributed by atoms with van der Waals surface area (Å²) in [5.41, 5.74) is 5.87. The Morgan fingerprint density at radius 2 is 2.17 bits per heavy atom. The van der Waals surface area contributed by atoms with Crippen LogP contribution >= 0.6 is 0 Å². The number of hydrogen-bond acceptors (Lipinski definition) is 3. The van der Waals surface area contributed by atoms with E-state index in [1.165, 1.54) is 0 Å². The average molecular weight is 256 g/mol. The van der Waals surface area contributed by atoms with Crippen LogP contribution in [0, 0.1) is 11.3 Å². The zero-order chi connectivity index (χ0) is 13.8. The molecule has 4 nitrogen and oxygen atoms in total. The van der Waals surface area contributed by atoms with Crippen molar-refractivity contribution in [1.82, 2.24) is 4.90 Å². The Labute approximate surface area is 111 Å². The van der Waals surface area contributed by atoms with Gasteiger partial charge >= 0.3 is 0 Å². The molecule has 0 aromatic heterocycles. The fraction of sp³-hybridized carbons (Fsp3) is 0.929. The smallest absolute Gasteiger partial charge is 0.223 e. The minimum absolute atomic E-state index is 0.0145. The maximum Gasteiger partial charge on any atom is 0.223 e.